The molecule has 1 heteroatoms. The molecule has 3 aromatic rings. The van der Waals surface area contributed by atoms with E-state index in [0.29, 0.717) is 0 Å². The minimum absolute atomic E-state index is 0.101. The highest BCUT2D eigenvalue weighted by molar-refractivity contribution is 7.16. The van der Waals surface area contributed by atoms with Gasteiger partial charge in [0.05, 0.1) is 0 Å². The van der Waals surface area contributed by atoms with E-state index in [4.69, 9.17) is 0 Å². The second-order valence-corrected chi connectivity index (χ2v) is 16.7. The number of hydrogen-bond donors (Lipinski definition) is 0. The molecule has 0 spiro atoms. The number of allylic oxidation sites excluding steroid dienone is 4. The quantitative estimate of drug-likeness (QED) is 0.148. The average Bonchev–Trinajstić information content (AvgIpc) is 3.47. The first-order valence-electron chi connectivity index (χ1n) is 16.0. The van der Waals surface area contributed by atoms with Crippen molar-refractivity contribution in [2.45, 2.75) is 106 Å². The Kier molecular flexibility index (Phi) is 10.5. The molecule has 0 nitrogen and oxygen atoms in total. The molecule has 0 saturated heterocycles. The maximum atomic E-state index is 2.50. The monoisotopic (exact) mass is 548 g/mol. The van der Waals surface area contributed by atoms with E-state index < -0.39 is 8.07 Å². The largest absolute Gasteiger partial charge is 0.176 e. The van der Waals surface area contributed by atoms with Crippen molar-refractivity contribution >= 4 is 23.6 Å². The predicted molar refractivity (Wildman–Crippen MR) is 180 cm³/mol. The molecule has 212 valence electrons. The van der Waals surface area contributed by atoms with Crippen molar-refractivity contribution in [3.63, 3.8) is 0 Å². The van der Waals surface area contributed by atoms with Gasteiger partial charge in [0.2, 0.25) is 0 Å². The Morgan fingerprint density at radius 3 is 1.20 bits per heavy atom. The minimum atomic E-state index is -2.51. The molecule has 1 aliphatic rings. The molecule has 0 radical (unpaired) electrons. The average molecular weight is 549 g/mol. The first kappa shape index (κ1) is 30.3. The molecule has 0 heterocycles. The van der Waals surface area contributed by atoms with E-state index in [-0.39, 0.29) is 5.41 Å². The zero-order valence-corrected chi connectivity index (χ0v) is 27.2. The van der Waals surface area contributed by atoms with Crippen LogP contribution in [0.25, 0.3) is 0 Å². The summed E-state index contributed by atoms with van der Waals surface area (Å²) >= 11 is 0. The van der Waals surface area contributed by atoms with Gasteiger partial charge in [-0.25, -0.2) is 0 Å². The van der Waals surface area contributed by atoms with Crippen LogP contribution in [-0.2, 0) is 19.3 Å². The molecular formula is C39H52Si. The predicted octanol–water partition coefficient (Wildman–Crippen LogP) is 9.03. The van der Waals surface area contributed by atoms with Crippen molar-refractivity contribution in [1.82, 2.24) is 0 Å². The van der Waals surface area contributed by atoms with Gasteiger partial charge in [-0.1, -0.05) is 151 Å². The molecule has 0 aliphatic heterocycles. The lowest BCUT2D eigenvalue weighted by Gasteiger charge is -2.38. The van der Waals surface area contributed by atoms with Crippen LogP contribution in [-0.4, -0.2) is 8.07 Å². The molecule has 0 unspecified atom stereocenters. The smallest absolute Gasteiger partial charge is 0.0805 e. The number of hydrogen-bond acceptors (Lipinski definition) is 0. The second kappa shape index (κ2) is 13.8. The van der Waals surface area contributed by atoms with Crippen molar-refractivity contribution in [3.8, 4) is 0 Å². The van der Waals surface area contributed by atoms with Crippen LogP contribution in [0.3, 0.4) is 0 Å². The minimum Gasteiger partial charge on any atom is -0.0805 e. The molecule has 4 rings (SSSR count). The van der Waals surface area contributed by atoms with Crippen molar-refractivity contribution < 1.29 is 0 Å². The Hall–Kier alpha value is -2.64. The fraction of sp³-hybridized carbons (Fsp3) is 0.436. The van der Waals surface area contributed by atoms with Crippen molar-refractivity contribution in [2.24, 2.45) is 5.41 Å². The Morgan fingerprint density at radius 2 is 0.900 bits per heavy atom. The van der Waals surface area contributed by atoms with Crippen LogP contribution in [0.4, 0.5) is 0 Å². The first-order valence-corrected chi connectivity index (χ1v) is 18.0. The van der Waals surface area contributed by atoms with Gasteiger partial charge in [0.25, 0.3) is 0 Å². The lowest BCUT2D eigenvalue weighted by atomic mass is 9.87. The summed E-state index contributed by atoms with van der Waals surface area (Å²) in [6.45, 7) is 14.0. The third-order valence-electron chi connectivity index (χ3n) is 8.81. The van der Waals surface area contributed by atoms with Gasteiger partial charge in [0.15, 0.2) is 8.07 Å². The van der Waals surface area contributed by atoms with E-state index in [0.717, 1.165) is 6.42 Å². The van der Waals surface area contributed by atoms with Crippen molar-refractivity contribution in [3.05, 3.63) is 112 Å². The van der Waals surface area contributed by atoms with Crippen molar-refractivity contribution in [2.75, 3.05) is 0 Å². The normalized spacial score (nSPS) is 13.8. The Labute approximate surface area is 246 Å². The van der Waals surface area contributed by atoms with E-state index >= 15 is 0 Å². The topological polar surface area (TPSA) is 0 Å². The molecule has 0 bridgehead atoms. The molecule has 0 aromatic heterocycles. The van der Waals surface area contributed by atoms with Crippen molar-refractivity contribution in [1.29, 1.82) is 0 Å². The number of aryl methyl sites for hydroxylation is 3. The number of rotatable bonds is 13. The molecule has 3 aromatic carbocycles. The summed E-state index contributed by atoms with van der Waals surface area (Å²) < 4.78 is 0. The van der Waals surface area contributed by atoms with Crippen LogP contribution in [0.1, 0.15) is 103 Å². The zero-order chi connectivity index (χ0) is 28.6. The molecular weight excluding hydrogens is 497 g/mol. The third-order valence-corrected chi connectivity index (χ3v) is 13.8. The van der Waals surface area contributed by atoms with Crippen LogP contribution >= 0.6 is 0 Å². The lowest BCUT2D eigenvalue weighted by molar-refractivity contribution is 0.516. The fourth-order valence-corrected chi connectivity index (χ4v) is 11.8. The summed E-state index contributed by atoms with van der Waals surface area (Å²) in [5.41, 5.74) is 6.04. The maximum Gasteiger partial charge on any atom is 0.176 e. The fourth-order valence-electron chi connectivity index (χ4n) is 6.49. The summed E-state index contributed by atoms with van der Waals surface area (Å²) in [4.78, 5) is 0. The van der Waals surface area contributed by atoms with Gasteiger partial charge in [-0.2, -0.15) is 0 Å². The van der Waals surface area contributed by atoms with Gasteiger partial charge >= 0.3 is 0 Å². The molecule has 1 aliphatic carbocycles. The van der Waals surface area contributed by atoms with Gasteiger partial charge in [-0.05, 0) is 88.2 Å². The highest BCUT2D eigenvalue weighted by Crippen LogP contribution is 2.38. The number of benzene rings is 3. The summed E-state index contributed by atoms with van der Waals surface area (Å²) in [6, 6.07) is 29.6. The lowest BCUT2D eigenvalue weighted by Crippen LogP contribution is -2.69. The van der Waals surface area contributed by atoms with E-state index in [1.807, 2.05) is 0 Å². The molecule has 0 atom stereocenters. The van der Waals surface area contributed by atoms with E-state index in [2.05, 4.69) is 126 Å². The van der Waals surface area contributed by atoms with E-state index in [1.165, 1.54) is 90.0 Å². The van der Waals surface area contributed by atoms with Crippen LogP contribution in [0, 0.1) is 5.41 Å². The van der Waals surface area contributed by atoms with Gasteiger partial charge in [-0.15, -0.1) is 0 Å². The zero-order valence-electron chi connectivity index (χ0n) is 26.2. The number of unbranched alkanes of at least 4 members (excludes halogenated alkanes) is 3. The van der Waals surface area contributed by atoms with Crippen LogP contribution in [0.15, 0.2) is 95.7 Å². The van der Waals surface area contributed by atoms with E-state index in [9.17, 15) is 0 Å². The Morgan fingerprint density at radius 1 is 0.550 bits per heavy atom. The van der Waals surface area contributed by atoms with Gasteiger partial charge in [0, 0.05) is 0 Å². The standard InChI is InChI=1S/C39H52Si/c1-7-10-14-31-19-25-34(26-20-31)40(38-18-13-17-37(38)39(4,5)6,35-27-21-32(22-28-35)15-11-8-2)36-29-23-33(24-30-36)16-12-9-3/h13,17,19-30H,7-12,14-16,18H2,1-6H3. The molecule has 0 amide bonds. The molecule has 40 heavy (non-hydrogen) atoms. The summed E-state index contributed by atoms with van der Waals surface area (Å²) in [6.07, 6.45) is 16.9. The SMILES string of the molecule is CCCCc1ccc([Si](C2=C(C(C)(C)C)C=CC2)(c2ccc(CCCC)cc2)c2ccc(CCCC)cc2)cc1. The summed E-state index contributed by atoms with van der Waals surface area (Å²) in [5, 5.41) is 6.24. The van der Waals surface area contributed by atoms with Gasteiger partial charge in [0.1, 0.15) is 0 Å². The Bertz CT molecular complexity index is 1140. The van der Waals surface area contributed by atoms with Crippen LogP contribution in [0.2, 0.25) is 0 Å². The van der Waals surface area contributed by atoms with Gasteiger partial charge in [-0.3, -0.25) is 0 Å². The van der Waals surface area contributed by atoms with Crippen LogP contribution < -0.4 is 15.6 Å². The first-order chi connectivity index (χ1) is 19.3. The molecule has 0 saturated carbocycles. The van der Waals surface area contributed by atoms with Crippen LogP contribution in [0.5, 0.6) is 0 Å². The highest BCUT2D eigenvalue weighted by atomic mass is 28.3. The van der Waals surface area contributed by atoms with E-state index in [1.54, 1.807) is 10.8 Å². The summed E-state index contributed by atoms with van der Waals surface area (Å²) in [7, 11) is -2.51. The molecule has 0 N–H and O–H groups in total. The summed E-state index contributed by atoms with van der Waals surface area (Å²) in [5.74, 6) is 0. The second-order valence-electron chi connectivity index (χ2n) is 12.9. The highest BCUT2D eigenvalue weighted by Gasteiger charge is 2.45. The van der Waals surface area contributed by atoms with Gasteiger partial charge < -0.3 is 0 Å². The maximum absolute atomic E-state index is 2.51. The molecule has 0 fully saturated rings. The Balaban J connectivity index is 1.98. The third kappa shape index (κ3) is 6.63.